The normalized spacial score (nSPS) is 17.0. The molecule has 2 N–H and O–H groups in total. The van der Waals surface area contributed by atoms with Crippen LogP contribution in [0.25, 0.3) is 0 Å². The first-order chi connectivity index (χ1) is 5.42. The molecular weight excluding hydrogens is 150 g/mol. The molecule has 2 nitrogen and oxygen atoms in total. The van der Waals surface area contributed by atoms with Gasteiger partial charge < -0.3 is 10.4 Å². The van der Waals surface area contributed by atoms with Gasteiger partial charge in [-0.3, -0.25) is 0 Å². The average molecular weight is 173 g/mol. The molecule has 0 aromatic rings. The van der Waals surface area contributed by atoms with Crippen LogP contribution in [0.1, 0.15) is 41.0 Å². The first-order valence-electron chi connectivity index (χ1n) is 4.88. The van der Waals surface area contributed by atoms with Gasteiger partial charge in [0.05, 0.1) is 5.60 Å². The minimum atomic E-state index is -0.537. The minimum absolute atomic E-state index is 0.314. The van der Waals surface area contributed by atoms with Crippen molar-refractivity contribution in [2.24, 2.45) is 5.92 Å². The van der Waals surface area contributed by atoms with E-state index < -0.39 is 5.60 Å². The van der Waals surface area contributed by atoms with Crippen LogP contribution >= 0.6 is 0 Å². The Balaban J connectivity index is 3.97. The number of rotatable bonds is 5. The fourth-order valence-electron chi connectivity index (χ4n) is 1.12. The van der Waals surface area contributed by atoms with Crippen LogP contribution in [0.4, 0.5) is 0 Å². The first kappa shape index (κ1) is 11.9. The number of hydrogen-bond donors (Lipinski definition) is 2. The van der Waals surface area contributed by atoms with E-state index in [-0.39, 0.29) is 0 Å². The van der Waals surface area contributed by atoms with Crippen molar-refractivity contribution in [3.8, 4) is 0 Å². The van der Waals surface area contributed by atoms with Crippen molar-refractivity contribution < 1.29 is 5.11 Å². The summed E-state index contributed by atoms with van der Waals surface area (Å²) in [5.41, 5.74) is -0.537. The Morgan fingerprint density at radius 2 is 1.75 bits per heavy atom. The molecular formula is C10H23NO. The highest BCUT2D eigenvalue weighted by atomic mass is 16.3. The van der Waals surface area contributed by atoms with Crippen LogP contribution < -0.4 is 5.32 Å². The van der Waals surface area contributed by atoms with E-state index in [9.17, 15) is 5.11 Å². The van der Waals surface area contributed by atoms with Gasteiger partial charge in [0, 0.05) is 12.6 Å². The third-order valence-electron chi connectivity index (χ3n) is 2.50. The lowest BCUT2D eigenvalue weighted by Gasteiger charge is -2.32. The van der Waals surface area contributed by atoms with Crippen LogP contribution in [-0.2, 0) is 0 Å². The molecule has 0 aliphatic carbocycles. The van der Waals surface area contributed by atoms with E-state index >= 15 is 0 Å². The van der Waals surface area contributed by atoms with Gasteiger partial charge in [0.2, 0.25) is 0 Å². The SMILES string of the molecule is CCC(O)(CNC(C)C)C(C)C. The smallest absolute Gasteiger partial charge is 0.0791 e. The molecule has 0 radical (unpaired) electrons. The number of nitrogens with one attached hydrogen (secondary N) is 1. The van der Waals surface area contributed by atoms with Gasteiger partial charge in [-0.05, 0) is 12.3 Å². The summed E-state index contributed by atoms with van der Waals surface area (Å²) < 4.78 is 0. The molecule has 0 saturated carbocycles. The van der Waals surface area contributed by atoms with Crippen LogP contribution in [0.5, 0.6) is 0 Å². The molecule has 0 aromatic heterocycles. The molecule has 12 heavy (non-hydrogen) atoms. The highest BCUT2D eigenvalue weighted by Gasteiger charge is 2.28. The standard InChI is InChI=1S/C10H23NO/c1-6-10(12,8(2)3)7-11-9(4)5/h8-9,11-12H,6-7H2,1-5H3. The Hall–Kier alpha value is -0.0800. The Morgan fingerprint density at radius 3 is 2.00 bits per heavy atom. The van der Waals surface area contributed by atoms with Crippen molar-refractivity contribution in [2.45, 2.75) is 52.7 Å². The molecule has 2 heteroatoms. The van der Waals surface area contributed by atoms with Crippen LogP contribution in [0.15, 0.2) is 0 Å². The fraction of sp³-hybridized carbons (Fsp3) is 1.00. The van der Waals surface area contributed by atoms with E-state index in [1.807, 2.05) is 6.92 Å². The largest absolute Gasteiger partial charge is 0.388 e. The number of hydrogen-bond acceptors (Lipinski definition) is 2. The van der Waals surface area contributed by atoms with E-state index in [2.05, 4.69) is 33.0 Å². The third-order valence-corrected chi connectivity index (χ3v) is 2.50. The second-order valence-corrected chi connectivity index (χ2v) is 4.15. The molecule has 1 atom stereocenters. The van der Waals surface area contributed by atoms with Crippen LogP contribution in [0, 0.1) is 5.92 Å². The lowest BCUT2D eigenvalue weighted by atomic mass is 9.87. The summed E-state index contributed by atoms with van der Waals surface area (Å²) in [5.74, 6) is 0.314. The van der Waals surface area contributed by atoms with Crippen LogP contribution in [0.3, 0.4) is 0 Å². The third kappa shape index (κ3) is 3.55. The van der Waals surface area contributed by atoms with E-state index in [0.29, 0.717) is 18.5 Å². The molecule has 0 aliphatic rings. The quantitative estimate of drug-likeness (QED) is 0.664. The predicted molar refractivity (Wildman–Crippen MR) is 53.2 cm³/mol. The Kier molecular flexibility index (Phi) is 4.80. The molecule has 0 heterocycles. The van der Waals surface area contributed by atoms with Crippen LogP contribution in [-0.4, -0.2) is 23.3 Å². The summed E-state index contributed by atoms with van der Waals surface area (Å²) in [5, 5.41) is 13.4. The maximum absolute atomic E-state index is 10.1. The van der Waals surface area contributed by atoms with Crippen molar-refractivity contribution in [2.75, 3.05) is 6.54 Å². The maximum atomic E-state index is 10.1. The van der Waals surface area contributed by atoms with E-state index in [1.165, 1.54) is 0 Å². The summed E-state index contributed by atoms with van der Waals surface area (Å²) >= 11 is 0. The van der Waals surface area contributed by atoms with Gasteiger partial charge in [0.1, 0.15) is 0 Å². The topological polar surface area (TPSA) is 32.3 Å². The van der Waals surface area contributed by atoms with Crippen molar-refractivity contribution in [3.63, 3.8) is 0 Å². The molecule has 0 amide bonds. The molecule has 0 spiro atoms. The van der Waals surface area contributed by atoms with Gasteiger partial charge in [0.25, 0.3) is 0 Å². The maximum Gasteiger partial charge on any atom is 0.0791 e. The first-order valence-corrected chi connectivity index (χ1v) is 4.88. The Bertz CT molecular complexity index is 123. The van der Waals surface area contributed by atoms with Gasteiger partial charge in [-0.1, -0.05) is 34.6 Å². The van der Waals surface area contributed by atoms with Crippen molar-refractivity contribution in [1.29, 1.82) is 0 Å². The van der Waals surface area contributed by atoms with E-state index in [0.717, 1.165) is 6.42 Å². The van der Waals surface area contributed by atoms with Gasteiger partial charge in [-0.2, -0.15) is 0 Å². The number of aliphatic hydroxyl groups is 1. The molecule has 0 bridgehead atoms. The molecule has 0 fully saturated rings. The zero-order chi connectivity index (χ0) is 9.78. The highest BCUT2D eigenvalue weighted by Crippen LogP contribution is 2.19. The summed E-state index contributed by atoms with van der Waals surface area (Å²) in [6, 6.07) is 0.446. The molecule has 1 unspecified atom stereocenters. The summed E-state index contributed by atoms with van der Waals surface area (Å²) in [7, 11) is 0. The second-order valence-electron chi connectivity index (χ2n) is 4.15. The highest BCUT2D eigenvalue weighted by molar-refractivity contribution is 4.83. The monoisotopic (exact) mass is 173 g/mol. The average Bonchev–Trinajstić information content (AvgIpc) is 1.99. The minimum Gasteiger partial charge on any atom is -0.388 e. The second kappa shape index (κ2) is 4.83. The summed E-state index contributed by atoms with van der Waals surface area (Å²) in [6.07, 6.45) is 0.810. The van der Waals surface area contributed by atoms with Crippen molar-refractivity contribution in [3.05, 3.63) is 0 Å². The van der Waals surface area contributed by atoms with Gasteiger partial charge in [0.15, 0.2) is 0 Å². The zero-order valence-corrected chi connectivity index (χ0v) is 9.02. The van der Waals surface area contributed by atoms with E-state index in [4.69, 9.17) is 0 Å². The van der Waals surface area contributed by atoms with Gasteiger partial charge in [-0.15, -0.1) is 0 Å². The molecule has 0 aliphatic heterocycles. The predicted octanol–water partition coefficient (Wildman–Crippen LogP) is 1.78. The van der Waals surface area contributed by atoms with Gasteiger partial charge in [-0.25, -0.2) is 0 Å². The van der Waals surface area contributed by atoms with E-state index in [1.54, 1.807) is 0 Å². The molecule has 0 aromatic carbocycles. The molecule has 0 saturated heterocycles. The van der Waals surface area contributed by atoms with Crippen LogP contribution in [0.2, 0.25) is 0 Å². The van der Waals surface area contributed by atoms with Crippen molar-refractivity contribution in [1.82, 2.24) is 5.32 Å². The lowest BCUT2D eigenvalue weighted by molar-refractivity contribution is -0.00903. The summed E-state index contributed by atoms with van der Waals surface area (Å²) in [6.45, 7) is 11.0. The molecule has 74 valence electrons. The Labute approximate surface area is 76.4 Å². The zero-order valence-electron chi connectivity index (χ0n) is 9.02. The lowest BCUT2D eigenvalue weighted by Crippen LogP contribution is -2.46. The van der Waals surface area contributed by atoms with Crippen molar-refractivity contribution >= 4 is 0 Å². The fourth-order valence-corrected chi connectivity index (χ4v) is 1.12. The van der Waals surface area contributed by atoms with Gasteiger partial charge >= 0.3 is 0 Å². The summed E-state index contributed by atoms with van der Waals surface area (Å²) in [4.78, 5) is 0. The molecule has 0 rings (SSSR count). The Morgan fingerprint density at radius 1 is 1.25 bits per heavy atom.